The van der Waals surface area contributed by atoms with Crippen LogP contribution in [0.5, 0.6) is 0 Å². The molecule has 38 heavy (non-hydrogen) atoms. The van der Waals surface area contributed by atoms with Gasteiger partial charge in [-0.25, -0.2) is 16.8 Å². The molecule has 202 valence electrons. The second-order valence-corrected chi connectivity index (χ2v) is 13.4. The summed E-state index contributed by atoms with van der Waals surface area (Å²) in [5, 5.41) is 2.85. The molecule has 1 heterocycles. The summed E-state index contributed by atoms with van der Waals surface area (Å²) in [6.45, 7) is 2.49. The Kier molecular flexibility index (Phi) is 8.86. The summed E-state index contributed by atoms with van der Waals surface area (Å²) in [5.74, 6) is 0.139. The molecule has 1 N–H and O–H groups in total. The Bertz CT molecular complexity index is 1420. The minimum absolute atomic E-state index is 0.0974. The number of rotatable bonds is 10. The van der Waals surface area contributed by atoms with E-state index >= 15 is 0 Å². The summed E-state index contributed by atoms with van der Waals surface area (Å²) >= 11 is 0. The van der Waals surface area contributed by atoms with E-state index in [1.807, 2.05) is 18.2 Å². The van der Waals surface area contributed by atoms with Gasteiger partial charge in [0.25, 0.3) is 10.0 Å². The normalized spacial score (nSPS) is 15.2. The van der Waals surface area contributed by atoms with Crippen LogP contribution in [0, 0.1) is 5.92 Å². The lowest BCUT2D eigenvalue weighted by Crippen LogP contribution is -2.42. The molecule has 3 aromatic rings. The minimum atomic E-state index is -3.70. The monoisotopic (exact) mass is 555 g/mol. The highest BCUT2D eigenvalue weighted by Crippen LogP contribution is 2.25. The summed E-state index contributed by atoms with van der Waals surface area (Å²) in [4.78, 5) is 15.3. The van der Waals surface area contributed by atoms with Gasteiger partial charge in [-0.1, -0.05) is 36.4 Å². The third-order valence-corrected chi connectivity index (χ3v) is 9.71. The highest BCUT2D eigenvalue weighted by Gasteiger charge is 2.27. The third-order valence-electron chi connectivity index (χ3n) is 6.74. The smallest absolute Gasteiger partial charge is 0.264 e. The van der Waals surface area contributed by atoms with Crippen LogP contribution in [-0.4, -0.2) is 60.1 Å². The first-order valence-corrected chi connectivity index (χ1v) is 15.9. The molecule has 10 heteroatoms. The second-order valence-electron chi connectivity index (χ2n) is 9.56. The van der Waals surface area contributed by atoms with Crippen LogP contribution in [0.4, 0.5) is 11.4 Å². The average Bonchev–Trinajstić information content (AvgIpc) is 2.90. The maximum Gasteiger partial charge on any atom is 0.264 e. The van der Waals surface area contributed by atoms with Crippen LogP contribution >= 0.6 is 0 Å². The second kappa shape index (κ2) is 12.1. The van der Waals surface area contributed by atoms with E-state index in [9.17, 15) is 21.6 Å². The topological polar surface area (TPSA) is 104 Å². The summed E-state index contributed by atoms with van der Waals surface area (Å²) in [6, 6.07) is 23.8. The van der Waals surface area contributed by atoms with Crippen LogP contribution in [0.1, 0.15) is 19.3 Å². The van der Waals surface area contributed by atoms with Crippen LogP contribution in [0.2, 0.25) is 0 Å². The molecule has 1 aliphatic rings. The first kappa shape index (κ1) is 27.8. The average molecular weight is 556 g/mol. The van der Waals surface area contributed by atoms with Crippen molar-refractivity contribution < 1.29 is 21.6 Å². The molecule has 0 radical (unpaired) electrons. The Morgan fingerprint density at radius 1 is 0.842 bits per heavy atom. The quantitative estimate of drug-likeness (QED) is 0.405. The van der Waals surface area contributed by atoms with Gasteiger partial charge < -0.3 is 10.2 Å². The number of likely N-dealkylation sites (tertiary alicyclic amines) is 1. The van der Waals surface area contributed by atoms with E-state index in [4.69, 9.17) is 0 Å². The van der Waals surface area contributed by atoms with Crippen LogP contribution in [0.3, 0.4) is 0 Å². The number of carbonyl (C=O) groups is 1. The number of hydrogen-bond donors (Lipinski definition) is 1. The molecule has 1 aliphatic heterocycles. The molecule has 0 aliphatic carbocycles. The van der Waals surface area contributed by atoms with Gasteiger partial charge in [-0.2, -0.15) is 0 Å². The number of carbonyl (C=O) groups excluding carboxylic acids is 1. The first-order valence-electron chi connectivity index (χ1n) is 12.6. The third kappa shape index (κ3) is 7.21. The van der Waals surface area contributed by atoms with E-state index in [1.165, 1.54) is 16.4 Å². The molecule has 0 unspecified atom stereocenters. The zero-order chi connectivity index (χ0) is 27.2. The molecule has 1 fully saturated rings. The maximum atomic E-state index is 13.4. The van der Waals surface area contributed by atoms with Gasteiger partial charge in [0.05, 0.1) is 15.5 Å². The highest BCUT2D eigenvalue weighted by atomic mass is 32.2. The first-order chi connectivity index (χ1) is 18.1. The number of nitrogens with zero attached hydrogens (tertiary/aromatic N) is 2. The molecule has 4 rings (SSSR count). The number of nitrogens with one attached hydrogen (secondary N) is 1. The lowest BCUT2D eigenvalue weighted by molar-refractivity contribution is -0.117. The Hall–Kier alpha value is -3.21. The van der Waals surface area contributed by atoms with E-state index in [0.29, 0.717) is 30.9 Å². The molecule has 0 saturated carbocycles. The van der Waals surface area contributed by atoms with Crippen LogP contribution < -0.4 is 9.62 Å². The van der Waals surface area contributed by atoms with Crippen molar-refractivity contribution in [3.8, 4) is 0 Å². The summed E-state index contributed by atoms with van der Waals surface area (Å²) in [7, 11) is -6.98. The Morgan fingerprint density at radius 3 is 2.00 bits per heavy atom. The number of anilines is 2. The fraction of sp³-hybridized carbons (Fsp3) is 0.321. The van der Waals surface area contributed by atoms with Crippen molar-refractivity contribution in [2.75, 3.05) is 42.1 Å². The van der Waals surface area contributed by atoms with E-state index < -0.39 is 19.9 Å². The number of sulfonamides is 1. The van der Waals surface area contributed by atoms with Gasteiger partial charge in [0.15, 0.2) is 9.84 Å². The number of piperidine rings is 1. The number of para-hydroxylation sites is 1. The molecule has 1 amide bonds. The standard InChI is InChI=1S/C28H33N3O5S2/c1-37(33,34)26-14-12-24(13-15-26)29-28(32)22-23-16-18-30(19-17-23)20-21-31(25-8-4-2-5-9-25)38(35,36)27-10-6-3-7-11-27/h2-15,23H,16-22H2,1H3,(H,29,32). The van der Waals surface area contributed by atoms with Crippen LogP contribution in [0.15, 0.2) is 94.7 Å². The molecular formula is C28H33N3O5S2. The molecule has 8 nitrogen and oxygen atoms in total. The Balaban J connectivity index is 1.30. The highest BCUT2D eigenvalue weighted by molar-refractivity contribution is 7.92. The maximum absolute atomic E-state index is 13.4. The van der Waals surface area contributed by atoms with Crippen molar-refractivity contribution in [1.82, 2.24) is 4.90 Å². The summed E-state index contributed by atoms with van der Waals surface area (Å²) < 4.78 is 51.5. The number of sulfone groups is 1. The van der Waals surface area contributed by atoms with Crippen LogP contribution in [-0.2, 0) is 24.7 Å². The Labute approximate surface area is 225 Å². The van der Waals surface area contributed by atoms with Crippen molar-refractivity contribution in [3.63, 3.8) is 0 Å². The molecule has 0 spiro atoms. The fourth-order valence-electron chi connectivity index (χ4n) is 4.61. The zero-order valence-electron chi connectivity index (χ0n) is 21.4. The van der Waals surface area contributed by atoms with Gasteiger partial charge in [-0.05, 0) is 80.4 Å². The van der Waals surface area contributed by atoms with Crippen molar-refractivity contribution in [3.05, 3.63) is 84.9 Å². The van der Waals surface area contributed by atoms with Gasteiger partial charge in [0.1, 0.15) is 0 Å². The molecule has 1 saturated heterocycles. The number of amides is 1. The number of hydrogen-bond acceptors (Lipinski definition) is 6. The number of benzene rings is 3. The summed E-state index contributed by atoms with van der Waals surface area (Å²) in [6.07, 6.45) is 3.23. The van der Waals surface area contributed by atoms with E-state index in [0.717, 1.165) is 32.2 Å². The van der Waals surface area contributed by atoms with Crippen molar-refractivity contribution >= 4 is 37.1 Å². The lowest BCUT2D eigenvalue weighted by Gasteiger charge is -2.33. The van der Waals surface area contributed by atoms with Gasteiger partial charge in [0.2, 0.25) is 5.91 Å². The van der Waals surface area contributed by atoms with E-state index in [-0.39, 0.29) is 21.6 Å². The predicted molar refractivity (Wildman–Crippen MR) is 149 cm³/mol. The Morgan fingerprint density at radius 2 is 1.42 bits per heavy atom. The molecule has 3 aromatic carbocycles. The van der Waals surface area contributed by atoms with Crippen molar-refractivity contribution in [1.29, 1.82) is 0 Å². The van der Waals surface area contributed by atoms with Gasteiger partial charge in [-0.3, -0.25) is 9.10 Å². The van der Waals surface area contributed by atoms with Crippen molar-refractivity contribution in [2.45, 2.75) is 29.1 Å². The molecule has 0 bridgehead atoms. The van der Waals surface area contributed by atoms with Gasteiger partial charge in [-0.15, -0.1) is 0 Å². The molecule has 0 aromatic heterocycles. The SMILES string of the molecule is CS(=O)(=O)c1ccc(NC(=O)CC2CCN(CCN(c3ccccc3)S(=O)(=O)c3ccccc3)CC2)cc1. The zero-order valence-corrected chi connectivity index (χ0v) is 23.0. The largest absolute Gasteiger partial charge is 0.326 e. The predicted octanol–water partition coefficient (Wildman–Crippen LogP) is 4.03. The van der Waals surface area contributed by atoms with Crippen molar-refractivity contribution in [2.24, 2.45) is 5.92 Å². The van der Waals surface area contributed by atoms with Crippen LogP contribution in [0.25, 0.3) is 0 Å². The molecular weight excluding hydrogens is 522 g/mol. The summed E-state index contributed by atoms with van der Waals surface area (Å²) in [5.41, 5.74) is 1.20. The minimum Gasteiger partial charge on any atom is -0.326 e. The van der Waals surface area contributed by atoms with E-state index in [2.05, 4.69) is 10.2 Å². The molecule has 0 atom stereocenters. The van der Waals surface area contributed by atoms with E-state index in [1.54, 1.807) is 54.6 Å². The fourth-order valence-corrected chi connectivity index (χ4v) is 6.72. The van der Waals surface area contributed by atoms with Gasteiger partial charge in [0, 0.05) is 31.5 Å². The lowest BCUT2D eigenvalue weighted by atomic mass is 9.93. The van der Waals surface area contributed by atoms with Gasteiger partial charge >= 0.3 is 0 Å².